The lowest BCUT2D eigenvalue weighted by Gasteiger charge is -2.07. The number of nitrogens with zero attached hydrogens (tertiary/aromatic N) is 3. The number of hydrogen-bond acceptors (Lipinski definition) is 4. The van der Waals surface area contributed by atoms with Crippen LogP contribution in [0.1, 0.15) is 28.1 Å². The minimum atomic E-state index is -0.288. The number of rotatable bonds is 2. The quantitative estimate of drug-likeness (QED) is 0.374. The number of nitriles is 1. The van der Waals surface area contributed by atoms with Gasteiger partial charge in [-0.2, -0.15) is 5.26 Å². The Balaban J connectivity index is 1.90. The van der Waals surface area contributed by atoms with E-state index in [9.17, 15) is 10.1 Å². The molecule has 0 saturated heterocycles. The van der Waals surface area contributed by atoms with E-state index in [0.717, 1.165) is 27.6 Å². The number of aromatic nitrogens is 3. The van der Waals surface area contributed by atoms with Crippen LogP contribution in [0.25, 0.3) is 33.5 Å². The first kappa shape index (κ1) is 18.9. The number of aromatic amines is 1. The van der Waals surface area contributed by atoms with Crippen LogP contribution in [0.5, 0.6) is 0 Å². The third kappa shape index (κ3) is 3.51. The Morgan fingerprint density at radius 1 is 1.10 bits per heavy atom. The molecule has 5 nitrogen and oxygen atoms in total. The summed E-state index contributed by atoms with van der Waals surface area (Å²) in [5.74, 6) is 0.199. The highest BCUT2D eigenvalue weighted by atomic mass is 35.5. The van der Waals surface area contributed by atoms with Crippen molar-refractivity contribution >= 4 is 45.1 Å². The SMILES string of the molecule is Cc1cc(C)c2nc(Cl)c(C=C(C#N)c3nc4ccc(C)cc4c(=O)[nH]3)cc2c1. The first-order valence-corrected chi connectivity index (χ1v) is 9.44. The molecule has 0 bridgehead atoms. The standard InChI is InChI=1S/C23H17ClN4O/c1-12-4-5-19-18(8-12)23(29)28-22(26-19)17(11-25)10-16-9-15-7-13(2)6-14(3)20(15)27-21(16)24/h4-10H,1-3H3,(H,26,28,29). The molecule has 2 aromatic carbocycles. The van der Waals surface area contributed by atoms with Crippen LogP contribution in [-0.4, -0.2) is 15.0 Å². The average molecular weight is 401 g/mol. The third-order valence-corrected chi connectivity index (χ3v) is 5.07. The van der Waals surface area contributed by atoms with E-state index in [1.165, 1.54) is 0 Å². The van der Waals surface area contributed by atoms with Crippen LogP contribution in [0.15, 0.2) is 41.2 Å². The number of nitrogens with one attached hydrogen (secondary N) is 1. The van der Waals surface area contributed by atoms with Crippen LogP contribution < -0.4 is 5.56 Å². The normalized spacial score (nSPS) is 11.8. The lowest BCUT2D eigenvalue weighted by molar-refractivity contribution is 1.13. The average Bonchev–Trinajstić information content (AvgIpc) is 2.67. The summed E-state index contributed by atoms with van der Waals surface area (Å²) in [6, 6.07) is 13.5. The number of aryl methyl sites for hydroxylation is 3. The van der Waals surface area contributed by atoms with Crippen LogP contribution in [0.3, 0.4) is 0 Å². The summed E-state index contributed by atoms with van der Waals surface area (Å²) in [5.41, 5.74) is 4.98. The number of halogens is 1. The van der Waals surface area contributed by atoms with Gasteiger partial charge in [-0.25, -0.2) is 9.97 Å². The molecule has 0 spiro atoms. The van der Waals surface area contributed by atoms with Crippen molar-refractivity contribution in [2.24, 2.45) is 0 Å². The molecule has 0 aliphatic heterocycles. The van der Waals surface area contributed by atoms with Crippen LogP contribution in [0.4, 0.5) is 0 Å². The molecule has 142 valence electrons. The summed E-state index contributed by atoms with van der Waals surface area (Å²) in [6.45, 7) is 5.91. The van der Waals surface area contributed by atoms with E-state index < -0.39 is 0 Å². The fourth-order valence-electron chi connectivity index (χ4n) is 3.44. The Kier molecular flexibility index (Phi) is 4.65. The predicted octanol–water partition coefficient (Wildman–Crippen LogP) is 5.11. The second-order valence-electron chi connectivity index (χ2n) is 7.13. The van der Waals surface area contributed by atoms with Crippen LogP contribution in [0.2, 0.25) is 5.15 Å². The second kappa shape index (κ2) is 7.16. The van der Waals surface area contributed by atoms with Gasteiger partial charge < -0.3 is 4.98 Å². The summed E-state index contributed by atoms with van der Waals surface area (Å²) in [5, 5.41) is 11.4. The minimum absolute atomic E-state index is 0.199. The van der Waals surface area contributed by atoms with Crippen molar-refractivity contribution < 1.29 is 0 Å². The molecule has 0 aliphatic rings. The van der Waals surface area contributed by atoms with Gasteiger partial charge in [0.25, 0.3) is 5.56 Å². The molecule has 29 heavy (non-hydrogen) atoms. The lowest BCUT2D eigenvalue weighted by Crippen LogP contribution is -2.11. The Hall–Kier alpha value is -3.49. The molecule has 0 aliphatic carbocycles. The van der Waals surface area contributed by atoms with Crippen LogP contribution in [0, 0.1) is 32.1 Å². The minimum Gasteiger partial charge on any atom is -0.305 e. The van der Waals surface area contributed by atoms with Gasteiger partial charge in [-0.1, -0.05) is 34.9 Å². The molecule has 0 atom stereocenters. The smallest absolute Gasteiger partial charge is 0.259 e. The molecule has 6 heteroatoms. The van der Waals surface area contributed by atoms with Crippen molar-refractivity contribution in [3.05, 3.63) is 80.0 Å². The molecular formula is C23H17ClN4O. The van der Waals surface area contributed by atoms with E-state index in [-0.39, 0.29) is 22.1 Å². The summed E-state index contributed by atoms with van der Waals surface area (Å²) < 4.78 is 0. The molecule has 0 radical (unpaired) electrons. The number of pyridine rings is 1. The van der Waals surface area contributed by atoms with Crippen molar-refractivity contribution in [3.8, 4) is 6.07 Å². The van der Waals surface area contributed by atoms with Crippen molar-refractivity contribution in [3.63, 3.8) is 0 Å². The molecule has 0 saturated carbocycles. The molecular weight excluding hydrogens is 384 g/mol. The molecule has 2 aromatic heterocycles. The third-order valence-electron chi connectivity index (χ3n) is 4.77. The highest BCUT2D eigenvalue weighted by Gasteiger charge is 2.12. The highest BCUT2D eigenvalue weighted by Crippen LogP contribution is 2.27. The zero-order valence-corrected chi connectivity index (χ0v) is 16.9. The van der Waals surface area contributed by atoms with Crippen molar-refractivity contribution in [2.45, 2.75) is 20.8 Å². The van der Waals surface area contributed by atoms with E-state index in [2.05, 4.69) is 21.0 Å². The first-order valence-electron chi connectivity index (χ1n) is 9.06. The van der Waals surface area contributed by atoms with Gasteiger partial charge in [-0.15, -0.1) is 0 Å². The van der Waals surface area contributed by atoms with E-state index in [1.54, 1.807) is 18.2 Å². The van der Waals surface area contributed by atoms with Gasteiger partial charge >= 0.3 is 0 Å². The first-order chi connectivity index (χ1) is 13.9. The number of H-pyrrole nitrogens is 1. The van der Waals surface area contributed by atoms with Gasteiger partial charge in [0.1, 0.15) is 11.2 Å². The molecule has 2 heterocycles. The Morgan fingerprint density at radius 2 is 1.90 bits per heavy atom. The van der Waals surface area contributed by atoms with Gasteiger partial charge in [-0.3, -0.25) is 4.79 Å². The predicted molar refractivity (Wildman–Crippen MR) is 117 cm³/mol. The largest absolute Gasteiger partial charge is 0.305 e. The number of benzene rings is 2. The Morgan fingerprint density at radius 3 is 2.66 bits per heavy atom. The van der Waals surface area contributed by atoms with E-state index in [4.69, 9.17) is 11.6 Å². The van der Waals surface area contributed by atoms with Crippen molar-refractivity contribution in [2.75, 3.05) is 0 Å². The molecule has 0 unspecified atom stereocenters. The van der Waals surface area contributed by atoms with Crippen LogP contribution >= 0.6 is 11.6 Å². The summed E-state index contributed by atoms with van der Waals surface area (Å²) >= 11 is 6.39. The summed E-state index contributed by atoms with van der Waals surface area (Å²) in [4.78, 5) is 24.1. The maximum absolute atomic E-state index is 12.5. The van der Waals surface area contributed by atoms with Crippen LogP contribution in [-0.2, 0) is 0 Å². The number of allylic oxidation sites excluding steroid dienone is 1. The highest BCUT2D eigenvalue weighted by molar-refractivity contribution is 6.31. The number of fused-ring (bicyclic) bond motifs is 2. The lowest BCUT2D eigenvalue weighted by atomic mass is 10.0. The molecule has 4 aromatic rings. The molecule has 1 N–H and O–H groups in total. The van der Waals surface area contributed by atoms with Gasteiger partial charge in [0.15, 0.2) is 5.82 Å². The number of hydrogen-bond donors (Lipinski definition) is 1. The van der Waals surface area contributed by atoms with Gasteiger partial charge in [0, 0.05) is 10.9 Å². The van der Waals surface area contributed by atoms with E-state index in [1.807, 2.05) is 45.0 Å². The van der Waals surface area contributed by atoms with E-state index in [0.29, 0.717) is 16.5 Å². The second-order valence-corrected chi connectivity index (χ2v) is 7.48. The van der Waals surface area contributed by atoms with E-state index >= 15 is 0 Å². The van der Waals surface area contributed by atoms with Gasteiger partial charge in [0.2, 0.25) is 0 Å². The molecule has 0 amide bonds. The maximum Gasteiger partial charge on any atom is 0.259 e. The zero-order valence-electron chi connectivity index (χ0n) is 16.2. The topological polar surface area (TPSA) is 82.4 Å². The molecule has 4 rings (SSSR count). The van der Waals surface area contributed by atoms with Crippen molar-refractivity contribution in [1.82, 2.24) is 15.0 Å². The fourth-order valence-corrected chi connectivity index (χ4v) is 3.63. The Bertz CT molecular complexity index is 1430. The zero-order chi connectivity index (χ0) is 20.7. The molecule has 0 fully saturated rings. The summed E-state index contributed by atoms with van der Waals surface area (Å²) in [7, 11) is 0. The van der Waals surface area contributed by atoms with Gasteiger partial charge in [-0.05, 0) is 56.7 Å². The van der Waals surface area contributed by atoms with Gasteiger partial charge in [0.05, 0.1) is 22.0 Å². The van der Waals surface area contributed by atoms with Crippen molar-refractivity contribution in [1.29, 1.82) is 5.26 Å². The summed E-state index contributed by atoms with van der Waals surface area (Å²) in [6.07, 6.45) is 1.60. The monoisotopic (exact) mass is 400 g/mol. The Labute approximate surface area is 172 Å². The maximum atomic E-state index is 12.5. The fraction of sp³-hybridized carbons (Fsp3) is 0.130.